The minimum Gasteiger partial charge on any atom is -0.497 e. The number of allylic oxidation sites excluding steroid dienone is 1. The number of hydrogen-bond acceptors (Lipinski definition) is 5. The normalized spacial score (nSPS) is 10.7. The smallest absolute Gasteiger partial charge is 0.191 e. The summed E-state index contributed by atoms with van der Waals surface area (Å²) < 4.78 is 13.0. The Kier molecular flexibility index (Phi) is 7.25. The van der Waals surface area contributed by atoms with Crippen LogP contribution in [0, 0.1) is 0 Å². The van der Waals surface area contributed by atoms with Gasteiger partial charge in [0.15, 0.2) is 11.0 Å². The number of rotatable bonds is 9. The van der Waals surface area contributed by atoms with Crippen molar-refractivity contribution in [1.82, 2.24) is 14.8 Å². The second kappa shape index (κ2) is 9.87. The van der Waals surface area contributed by atoms with Gasteiger partial charge in [0, 0.05) is 22.3 Å². The Morgan fingerprint density at radius 2 is 1.86 bits per heavy atom. The average molecular weight is 436 g/mol. The van der Waals surface area contributed by atoms with Gasteiger partial charge < -0.3 is 9.47 Å². The molecule has 0 bridgehead atoms. The minimum atomic E-state index is 0.301. The highest BCUT2D eigenvalue weighted by molar-refractivity contribution is 7.98. The number of thioether (sulfide) groups is 1. The van der Waals surface area contributed by atoms with E-state index in [0.717, 1.165) is 28.0 Å². The van der Waals surface area contributed by atoms with Crippen LogP contribution >= 0.6 is 35.0 Å². The standard InChI is InChI=1S/C20H19Cl2N3O2S/c1-3-10-25-19(12-27-17-8-6-16(26-2)7-9-17)23-24-20(25)28-13-14-4-5-15(21)11-18(14)22/h3-9,11H,1,10,12-13H2,2H3. The lowest BCUT2D eigenvalue weighted by atomic mass is 10.2. The summed E-state index contributed by atoms with van der Waals surface area (Å²) >= 11 is 13.8. The Hall–Kier alpha value is -2.15. The zero-order chi connectivity index (χ0) is 19.9. The maximum Gasteiger partial charge on any atom is 0.191 e. The Morgan fingerprint density at radius 3 is 2.54 bits per heavy atom. The Bertz CT molecular complexity index is 945. The lowest BCUT2D eigenvalue weighted by Gasteiger charge is -2.10. The third kappa shape index (κ3) is 5.22. The van der Waals surface area contributed by atoms with Crippen molar-refractivity contribution in [3.8, 4) is 11.5 Å². The quantitative estimate of drug-likeness (QED) is 0.321. The van der Waals surface area contributed by atoms with Crippen molar-refractivity contribution in [3.05, 3.63) is 76.6 Å². The first-order chi connectivity index (χ1) is 13.6. The molecule has 0 aliphatic carbocycles. The largest absolute Gasteiger partial charge is 0.497 e. The summed E-state index contributed by atoms with van der Waals surface area (Å²) in [5.41, 5.74) is 0.986. The Balaban J connectivity index is 1.68. The van der Waals surface area contributed by atoms with Crippen molar-refractivity contribution in [3.63, 3.8) is 0 Å². The van der Waals surface area contributed by atoms with Crippen LogP contribution < -0.4 is 9.47 Å². The summed E-state index contributed by atoms with van der Waals surface area (Å²) in [7, 11) is 1.63. The summed E-state index contributed by atoms with van der Waals surface area (Å²) in [6, 6.07) is 12.9. The van der Waals surface area contributed by atoms with Crippen LogP contribution in [0.1, 0.15) is 11.4 Å². The highest BCUT2D eigenvalue weighted by atomic mass is 35.5. The first-order valence-corrected chi connectivity index (χ1v) is 10.2. The van der Waals surface area contributed by atoms with E-state index in [0.29, 0.717) is 28.9 Å². The second-order valence-corrected chi connectivity index (χ2v) is 7.57. The predicted octanol–water partition coefficient (Wildman–Crippen LogP) is 5.65. The molecule has 5 nitrogen and oxygen atoms in total. The second-order valence-electron chi connectivity index (χ2n) is 5.79. The van der Waals surface area contributed by atoms with E-state index in [1.807, 2.05) is 41.0 Å². The van der Waals surface area contributed by atoms with Gasteiger partial charge >= 0.3 is 0 Å². The molecule has 0 aliphatic heterocycles. The molecular formula is C20H19Cl2N3O2S. The molecule has 0 aliphatic rings. The van der Waals surface area contributed by atoms with E-state index in [4.69, 9.17) is 32.7 Å². The molecule has 0 N–H and O–H groups in total. The van der Waals surface area contributed by atoms with Crippen molar-refractivity contribution >= 4 is 35.0 Å². The van der Waals surface area contributed by atoms with Gasteiger partial charge in [-0.05, 0) is 42.0 Å². The number of benzene rings is 2. The van der Waals surface area contributed by atoms with Gasteiger partial charge in [-0.2, -0.15) is 0 Å². The Labute approximate surface area is 178 Å². The highest BCUT2D eigenvalue weighted by Crippen LogP contribution is 2.28. The van der Waals surface area contributed by atoms with Crippen molar-refractivity contribution in [2.75, 3.05) is 7.11 Å². The molecular weight excluding hydrogens is 417 g/mol. The number of hydrogen-bond donors (Lipinski definition) is 0. The minimum absolute atomic E-state index is 0.301. The van der Waals surface area contributed by atoms with Gasteiger partial charge in [0.05, 0.1) is 7.11 Å². The van der Waals surface area contributed by atoms with E-state index < -0.39 is 0 Å². The fourth-order valence-electron chi connectivity index (χ4n) is 2.45. The van der Waals surface area contributed by atoms with Crippen LogP contribution in [0.15, 0.2) is 60.3 Å². The predicted molar refractivity (Wildman–Crippen MR) is 114 cm³/mol. The summed E-state index contributed by atoms with van der Waals surface area (Å²) in [6.07, 6.45) is 1.81. The number of ether oxygens (including phenoxy) is 2. The van der Waals surface area contributed by atoms with Crippen LogP contribution in [-0.4, -0.2) is 21.9 Å². The number of aromatic nitrogens is 3. The lowest BCUT2D eigenvalue weighted by molar-refractivity contribution is 0.288. The van der Waals surface area contributed by atoms with Gasteiger partial charge in [-0.3, -0.25) is 4.57 Å². The van der Waals surface area contributed by atoms with Crippen LogP contribution in [-0.2, 0) is 18.9 Å². The molecule has 2 aromatic carbocycles. The monoisotopic (exact) mass is 435 g/mol. The zero-order valence-electron chi connectivity index (χ0n) is 15.3. The van der Waals surface area contributed by atoms with Gasteiger partial charge in [0.2, 0.25) is 0 Å². The molecule has 0 spiro atoms. The summed E-state index contributed by atoms with van der Waals surface area (Å²) in [5.74, 6) is 2.89. The maximum absolute atomic E-state index is 6.26. The highest BCUT2D eigenvalue weighted by Gasteiger charge is 2.13. The van der Waals surface area contributed by atoms with Gasteiger partial charge in [0.25, 0.3) is 0 Å². The number of nitrogens with zero attached hydrogens (tertiary/aromatic N) is 3. The van der Waals surface area contributed by atoms with Crippen LogP contribution in [0.4, 0.5) is 0 Å². The van der Waals surface area contributed by atoms with Crippen molar-refractivity contribution < 1.29 is 9.47 Å². The van der Waals surface area contributed by atoms with Crippen LogP contribution in [0.2, 0.25) is 10.0 Å². The fourth-order valence-corrected chi connectivity index (χ4v) is 3.97. The number of methoxy groups -OCH3 is 1. The summed E-state index contributed by atoms with van der Waals surface area (Å²) in [6.45, 7) is 4.71. The molecule has 1 heterocycles. The van der Waals surface area contributed by atoms with Crippen LogP contribution in [0.5, 0.6) is 11.5 Å². The van der Waals surface area contributed by atoms with Gasteiger partial charge in [-0.25, -0.2) is 0 Å². The molecule has 146 valence electrons. The zero-order valence-corrected chi connectivity index (χ0v) is 17.6. The first kappa shape index (κ1) is 20.6. The maximum atomic E-state index is 6.26. The van der Waals surface area contributed by atoms with Crippen LogP contribution in [0.25, 0.3) is 0 Å². The molecule has 0 fully saturated rings. The van der Waals surface area contributed by atoms with Crippen molar-refractivity contribution in [2.24, 2.45) is 0 Å². The van der Waals surface area contributed by atoms with Crippen molar-refractivity contribution in [2.45, 2.75) is 24.1 Å². The number of halogens is 2. The van der Waals surface area contributed by atoms with Crippen LogP contribution in [0.3, 0.4) is 0 Å². The van der Waals surface area contributed by atoms with E-state index in [1.165, 1.54) is 0 Å². The van der Waals surface area contributed by atoms with Gasteiger partial charge in [0.1, 0.15) is 18.1 Å². The molecule has 0 unspecified atom stereocenters. The topological polar surface area (TPSA) is 49.2 Å². The molecule has 0 saturated carbocycles. The summed E-state index contributed by atoms with van der Waals surface area (Å²) in [5, 5.41) is 10.6. The molecule has 3 aromatic rings. The van der Waals surface area contributed by atoms with E-state index in [2.05, 4.69) is 16.8 Å². The molecule has 3 rings (SSSR count). The molecule has 1 aromatic heterocycles. The van der Waals surface area contributed by atoms with E-state index >= 15 is 0 Å². The molecule has 0 saturated heterocycles. The third-order valence-electron chi connectivity index (χ3n) is 3.90. The van der Waals surface area contributed by atoms with Crippen molar-refractivity contribution in [1.29, 1.82) is 0 Å². The molecule has 0 atom stereocenters. The molecule has 0 amide bonds. The third-order valence-corrected chi connectivity index (χ3v) is 5.51. The lowest BCUT2D eigenvalue weighted by Crippen LogP contribution is -2.07. The van der Waals surface area contributed by atoms with Gasteiger partial charge in [-0.1, -0.05) is 47.1 Å². The molecule has 28 heavy (non-hydrogen) atoms. The summed E-state index contributed by atoms with van der Waals surface area (Å²) in [4.78, 5) is 0. The average Bonchev–Trinajstić information content (AvgIpc) is 3.08. The fraction of sp³-hybridized carbons (Fsp3) is 0.200. The Morgan fingerprint density at radius 1 is 1.11 bits per heavy atom. The van der Waals surface area contributed by atoms with E-state index in [-0.39, 0.29) is 0 Å². The first-order valence-electron chi connectivity index (χ1n) is 8.47. The molecule has 8 heteroatoms. The molecule has 0 radical (unpaired) electrons. The van der Waals surface area contributed by atoms with E-state index in [9.17, 15) is 0 Å². The SMILES string of the molecule is C=CCn1c(COc2ccc(OC)cc2)nnc1SCc1ccc(Cl)cc1Cl. The van der Waals surface area contributed by atoms with E-state index in [1.54, 1.807) is 31.0 Å². The van der Waals surface area contributed by atoms with Gasteiger partial charge in [-0.15, -0.1) is 16.8 Å².